The van der Waals surface area contributed by atoms with Crippen molar-refractivity contribution in [1.82, 2.24) is 0 Å². The van der Waals surface area contributed by atoms with Crippen LogP contribution in [0.2, 0.25) is 5.02 Å². The summed E-state index contributed by atoms with van der Waals surface area (Å²) in [6.07, 6.45) is 0. The molecule has 1 aliphatic heterocycles. The van der Waals surface area contributed by atoms with E-state index in [1.165, 1.54) is 4.90 Å². The number of allylic oxidation sites excluding steroid dienone is 2. The number of halogens is 1. The van der Waals surface area contributed by atoms with Gasteiger partial charge in [-0.05, 0) is 82.3 Å². The largest absolute Gasteiger partial charge is 0.497 e. The number of ether oxygens (including phenoxy) is 2. The maximum Gasteiger partial charge on any atom is 0.239 e. The second-order valence-electron chi connectivity index (χ2n) is 12.8. The average molecular weight is 666 g/mol. The number of aryl methyl sites for hydroxylation is 1. The molecule has 5 aromatic carbocycles. The van der Waals surface area contributed by atoms with Crippen LogP contribution in [0.4, 0.5) is 5.69 Å². The molecule has 3 aliphatic rings. The quantitative estimate of drug-likeness (QED) is 0.166. The van der Waals surface area contributed by atoms with Crippen LogP contribution in [0, 0.1) is 18.8 Å². The topological polar surface area (TPSA) is 72.9 Å². The lowest BCUT2D eigenvalue weighted by Crippen LogP contribution is -2.45. The molecule has 0 radical (unpaired) electrons. The van der Waals surface area contributed by atoms with Crippen molar-refractivity contribution >= 4 is 46.0 Å². The van der Waals surface area contributed by atoms with Crippen molar-refractivity contribution in [3.05, 3.63) is 160 Å². The number of carbonyl (C=O) groups excluding carboxylic acids is 3. The molecule has 4 atom stereocenters. The number of benzene rings is 5. The van der Waals surface area contributed by atoms with Gasteiger partial charge in [-0.3, -0.25) is 14.4 Å². The van der Waals surface area contributed by atoms with Gasteiger partial charge in [0.1, 0.15) is 11.5 Å². The van der Waals surface area contributed by atoms with E-state index in [-0.39, 0.29) is 5.78 Å². The number of anilines is 1. The van der Waals surface area contributed by atoms with Gasteiger partial charge in [0.15, 0.2) is 5.78 Å². The van der Waals surface area contributed by atoms with E-state index in [1.807, 2.05) is 116 Å². The number of nitrogens with zero attached hydrogens (tertiary/aromatic N) is 1. The van der Waals surface area contributed by atoms with Crippen molar-refractivity contribution in [1.29, 1.82) is 0 Å². The summed E-state index contributed by atoms with van der Waals surface area (Å²) in [6.45, 7) is 1.87. The zero-order chi connectivity index (χ0) is 34.1. The Morgan fingerprint density at radius 3 is 1.41 bits per heavy atom. The average Bonchev–Trinajstić information content (AvgIpc) is 3.65. The van der Waals surface area contributed by atoms with Crippen molar-refractivity contribution in [2.45, 2.75) is 17.8 Å². The van der Waals surface area contributed by atoms with E-state index in [4.69, 9.17) is 21.1 Å². The third kappa shape index (κ3) is 4.04. The molecule has 2 bridgehead atoms. The molecule has 1 saturated heterocycles. The summed E-state index contributed by atoms with van der Waals surface area (Å²) in [5.74, 6) is -1.79. The minimum atomic E-state index is -1.51. The lowest BCUT2D eigenvalue weighted by atomic mass is 9.59. The monoisotopic (exact) mass is 665 g/mol. The van der Waals surface area contributed by atoms with Crippen molar-refractivity contribution in [3.8, 4) is 11.5 Å². The Morgan fingerprint density at radius 1 is 0.592 bits per heavy atom. The van der Waals surface area contributed by atoms with Crippen LogP contribution in [-0.2, 0) is 25.2 Å². The van der Waals surface area contributed by atoms with Crippen LogP contribution in [-0.4, -0.2) is 31.8 Å². The number of fused-ring (bicyclic) bond motifs is 5. The van der Waals surface area contributed by atoms with Gasteiger partial charge in [0.05, 0.1) is 42.6 Å². The molecule has 0 N–H and O–H groups in total. The summed E-state index contributed by atoms with van der Waals surface area (Å²) in [7, 11) is 3.21. The lowest BCUT2D eigenvalue weighted by molar-refractivity contribution is -0.130. The molecule has 6 nitrogen and oxygen atoms in total. The normalized spacial score (nSPS) is 24.1. The van der Waals surface area contributed by atoms with Gasteiger partial charge in [-0.2, -0.15) is 0 Å². The number of hydrogen-bond donors (Lipinski definition) is 0. The van der Waals surface area contributed by atoms with Crippen LogP contribution in [0.3, 0.4) is 0 Å². The third-order valence-corrected chi connectivity index (χ3v) is 11.0. The predicted molar refractivity (Wildman–Crippen MR) is 190 cm³/mol. The fraction of sp³-hybridized carbons (Fsp3) is 0.167. The van der Waals surface area contributed by atoms with E-state index in [0.717, 1.165) is 16.7 Å². The summed E-state index contributed by atoms with van der Waals surface area (Å²) < 4.78 is 11.0. The van der Waals surface area contributed by atoms with Gasteiger partial charge in [-0.1, -0.05) is 103 Å². The number of Topliss-reactive ketones (excluding diaryl/α,β-unsaturated/α-hetero) is 1. The number of amides is 2. The summed E-state index contributed by atoms with van der Waals surface area (Å²) in [6, 6.07) is 39.3. The third-order valence-electron chi connectivity index (χ3n) is 10.6. The molecule has 2 amide bonds. The lowest BCUT2D eigenvalue weighted by Gasteiger charge is -2.39. The first kappa shape index (κ1) is 30.8. The molecule has 242 valence electrons. The van der Waals surface area contributed by atoms with Crippen LogP contribution >= 0.6 is 11.6 Å². The fourth-order valence-electron chi connectivity index (χ4n) is 8.62. The van der Waals surface area contributed by atoms with Gasteiger partial charge in [0.25, 0.3) is 0 Å². The van der Waals surface area contributed by atoms with E-state index < -0.39 is 34.5 Å². The highest BCUT2D eigenvalue weighted by Crippen LogP contribution is 2.74. The Balaban J connectivity index is 1.54. The Kier molecular flexibility index (Phi) is 7.12. The highest BCUT2D eigenvalue weighted by atomic mass is 35.5. The summed E-state index contributed by atoms with van der Waals surface area (Å²) in [5.41, 5.74) is 2.43. The van der Waals surface area contributed by atoms with E-state index in [0.29, 0.717) is 44.5 Å². The van der Waals surface area contributed by atoms with E-state index >= 15 is 14.4 Å². The molecule has 2 fully saturated rings. The molecule has 49 heavy (non-hydrogen) atoms. The predicted octanol–water partition coefficient (Wildman–Crippen LogP) is 7.85. The first-order valence-corrected chi connectivity index (χ1v) is 16.5. The molecular weight excluding hydrogens is 634 g/mol. The number of carbonyl (C=O) groups is 3. The standard InChI is InChI=1S/C42H32ClNO5/c1-25-14-19-30(24-33(25)43)44-38(45)36-37(39(44)46)42(29-12-8-5-9-13-29)35(27-17-22-32(49-3)23-18-27)34(26-15-20-31(48-2)21-16-26)41(36,40(42)47)28-10-6-4-7-11-28/h4-24,36-37H,1-3H3/t36-,37+,41-,42-/m1/s1. The maximum atomic E-state index is 16.0. The van der Waals surface area contributed by atoms with E-state index in [1.54, 1.807) is 32.4 Å². The first-order valence-electron chi connectivity index (χ1n) is 16.1. The highest BCUT2D eigenvalue weighted by Gasteiger charge is 2.82. The van der Waals surface area contributed by atoms with Crippen LogP contribution in [0.1, 0.15) is 27.8 Å². The van der Waals surface area contributed by atoms with Gasteiger partial charge >= 0.3 is 0 Å². The fourth-order valence-corrected chi connectivity index (χ4v) is 8.79. The molecule has 8 rings (SSSR count). The Bertz CT molecular complexity index is 2050. The zero-order valence-corrected chi connectivity index (χ0v) is 27.9. The Morgan fingerprint density at radius 2 is 1.02 bits per heavy atom. The van der Waals surface area contributed by atoms with Gasteiger partial charge in [0, 0.05) is 5.02 Å². The van der Waals surface area contributed by atoms with E-state index in [9.17, 15) is 0 Å². The molecule has 1 saturated carbocycles. The Labute approximate surface area is 289 Å². The van der Waals surface area contributed by atoms with Gasteiger partial charge in [-0.15, -0.1) is 0 Å². The second-order valence-corrected chi connectivity index (χ2v) is 13.2. The molecular formula is C42H32ClNO5. The summed E-state index contributed by atoms with van der Waals surface area (Å²) in [4.78, 5) is 47.6. The number of methoxy groups -OCH3 is 2. The molecule has 1 heterocycles. The van der Waals surface area contributed by atoms with Crippen molar-refractivity contribution in [2.75, 3.05) is 19.1 Å². The Hall–Kier alpha value is -5.46. The highest BCUT2D eigenvalue weighted by molar-refractivity contribution is 6.39. The molecule has 2 aliphatic carbocycles. The number of hydrogen-bond acceptors (Lipinski definition) is 5. The molecule has 0 unspecified atom stereocenters. The van der Waals surface area contributed by atoms with Crippen LogP contribution in [0.15, 0.2) is 127 Å². The minimum absolute atomic E-state index is 0.188. The van der Waals surface area contributed by atoms with Gasteiger partial charge < -0.3 is 9.47 Å². The van der Waals surface area contributed by atoms with Crippen molar-refractivity contribution in [3.63, 3.8) is 0 Å². The number of imide groups is 1. The van der Waals surface area contributed by atoms with Crippen molar-refractivity contribution in [2.24, 2.45) is 11.8 Å². The molecule has 0 spiro atoms. The van der Waals surface area contributed by atoms with Crippen molar-refractivity contribution < 1.29 is 23.9 Å². The number of rotatable bonds is 7. The van der Waals surface area contributed by atoms with E-state index in [2.05, 4.69) is 0 Å². The van der Waals surface area contributed by atoms with Gasteiger partial charge in [0.2, 0.25) is 11.8 Å². The van der Waals surface area contributed by atoms with Crippen LogP contribution in [0.25, 0.3) is 11.1 Å². The van der Waals surface area contributed by atoms with Crippen LogP contribution in [0.5, 0.6) is 11.5 Å². The SMILES string of the molecule is COc1ccc(C2=C(c3ccc(OC)cc3)[C@@]3(c4ccccc4)C(=O)[C@@]2(c2ccccc2)[C@@H]2C(=O)N(c4ccc(C)c(Cl)c4)C(=O)[C@@H]23)cc1. The summed E-state index contributed by atoms with van der Waals surface area (Å²) in [5, 5.41) is 0.445. The summed E-state index contributed by atoms with van der Waals surface area (Å²) >= 11 is 6.57. The molecule has 5 aromatic rings. The maximum absolute atomic E-state index is 16.0. The minimum Gasteiger partial charge on any atom is -0.497 e. The second kappa shape index (κ2) is 11.3. The van der Waals surface area contributed by atoms with Gasteiger partial charge in [-0.25, -0.2) is 4.90 Å². The smallest absolute Gasteiger partial charge is 0.239 e. The van der Waals surface area contributed by atoms with Crippen LogP contribution < -0.4 is 14.4 Å². The zero-order valence-electron chi connectivity index (χ0n) is 27.1. The number of ketones is 1. The molecule has 7 heteroatoms. The first-order chi connectivity index (χ1) is 23.8. The molecule has 0 aromatic heterocycles.